The molecule has 0 radical (unpaired) electrons. The van der Waals surface area contributed by atoms with Crippen LogP contribution in [0, 0.1) is 12.8 Å². The topological polar surface area (TPSA) is 94.8 Å². The summed E-state index contributed by atoms with van der Waals surface area (Å²) in [7, 11) is 2.16. The van der Waals surface area contributed by atoms with Crippen LogP contribution in [-0.2, 0) is 16.0 Å². The molecule has 0 aliphatic carbocycles. The van der Waals surface area contributed by atoms with Crippen molar-refractivity contribution in [3.63, 3.8) is 0 Å². The Kier molecular flexibility index (Phi) is 7.60. The van der Waals surface area contributed by atoms with E-state index >= 15 is 0 Å². The van der Waals surface area contributed by atoms with Crippen molar-refractivity contribution in [3.05, 3.63) is 47.2 Å². The predicted molar refractivity (Wildman–Crippen MR) is 140 cm³/mol. The molecular weight excluding hydrogens is 440 g/mol. The second-order valence-electron chi connectivity index (χ2n) is 10.1. The molecule has 2 aliphatic rings. The largest absolute Gasteiger partial charge is 0.383 e. The number of carbonyl (C=O) groups is 2. The Morgan fingerprint density at radius 3 is 2.57 bits per heavy atom. The Hall–Kier alpha value is -3.13. The fraction of sp³-hybridized carbons (Fsp3) is 0.519. The molecule has 8 heteroatoms. The number of piperidine rings is 1. The van der Waals surface area contributed by atoms with E-state index in [1.54, 1.807) is 11.0 Å². The molecule has 2 atom stereocenters. The van der Waals surface area contributed by atoms with Crippen molar-refractivity contribution < 1.29 is 9.59 Å². The molecule has 0 saturated carbocycles. The van der Waals surface area contributed by atoms with Crippen molar-refractivity contribution in [2.24, 2.45) is 5.92 Å². The molecule has 2 fully saturated rings. The number of amides is 2. The van der Waals surface area contributed by atoms with E-state index in [0.717, 1.165) is 50.1 Å². The van der Waals surface area contributed by atoms with Gasteiger partial charge in [0.2, 0.25) is 0 Å². The molecule has 2 saturated heterocycles. The smallest absolute Gasteiger partial charge is 0.313 e. The van der Waals surface area contributed by atoms with Crippen molar-refractivity contribution in [2.75, 3.05) is 55.7 Å². The predicted octanol–water partition coefficient (Wildman–Crippen LogP) is 3.22. The van der Waals surface area contributed by atoms with Gasteiger partial charge in [0.1, 0.15) is 5.82 Å². The van der Waals surface area contributed by atoms with Gasteiger partial charge in [-0.1, -0.05) is 26.0 Å². The number of carbonyl (C=O) groups excluding carboxylic acids is 2. The first-order valence-electron chi connectivity index (χ1n) is 12.7. The van der Waals surface area contributed by atoms with Crippen LogP contribution >= 0.6 is 0 Å². The van der Waals surface area contributed by atoms with E-state index in [4.69, 9.17) is 5.73 Å². The number of benzene rings is 1. The summed E-state index contributed by atoms with van der Waals surface area (Å²) in [5.74, 6) is -0.351. The minimum absolute atomic E-state index is 0.111. The zero-order valence-corrected chi connectivity index (χ0v) is 21.4. The number of aromatic nitrogens is 1. The minimum Gasteiger partial charge on any atom is -0.383 e. The number of likely N-dealkylation sites (tertiary alicyclic amines) is 1. The Bertz CT molecular complexity index is 1080. The molecule has 0 unspecified atom stereocenters. The van der Waals surface area contributed by atoms with Gasteiger partial charge in [0.05, 0.1) is 17.9 Å². The number of likely N-dealkylation sites (N-methyl/N-ethyl adjacent to an activating group) is 1. The van der Waals surface area contributed by atoms with E-state index in [-0.39, 0.29) is 6.04 Å². The van der Waals surface area contributed by atoms with Gasteiger partial charge in [0.25, 0.3) is 0 Å². The molecule has 188 valence electrons. The number of piperazine rings is 1. The van der Waals surface area contributed by atoms with Crippen LogP contribution in [-0.4, -0.2) is 66.4 Å². The molecule has 3 heterocycles. The van der Waals surface area contributed by atoms with E-state index in [1.807, 2.05) is 6.92 Å². The summed E-state index contributed by atoms with van der Waals surface area (Å²) in [5, 5.41) is 2.74. The number of anilines is 3. The Balaban J connectivity index is 1.52. The fourth-order valence-electron chi connectivity index (χ4n) is 5.20. The maximum atomic E-state index is 13.3. The number of hydrogen-bond donors (Lipinski definition) is 2. The van der Waals surface area contributed by atoms with E-state index in [0.29, 0.717) is 30.4 Å². The third kappa shape index (κ3) is 5.59. The van der Waals surface area contributed by atoms with Gasteiger partial charge in [0.15, 0.2) is 0 Å². The van der Waals surface area contributed by atoms with Crippen LogP contribution < -0.4 is 16.0 Å². The SMILES string of the molecule is CCc1cc(NC(=O)C(=O)N2C[C@@H](C)CC[C@@H]2c2ccc(N3CCN(C)CC3)c(C)c2)cnc1N. The average Bonchev–Trinajstić information content (AvgIpc) is 2.85. The minimum atomic E-state index is -0.636. The Morgan fingerprint density at radius 1 is 1.14 bits per heavy atom. The molecule has 2 aromatic rings. The highest BCUT2D eigenvalue weighted by molar-refractivity contribution is 6.39. The van der Waals surface area contributed by atoms with Crippen molar-refractivity contribution in [2.45, 2.75) is 46.1 Å². The van der Waals surface area contributed by atoms with Crippen LogP contribution in [0.2, 0.25) is 0 Å². The molecule has 0 spiro atoms. The van der Waals surface area contributed by atoms with Gasteiger partial charge >= 0.3 is 11.8 Å². The molecule has 2 aliphatic heterocycles. The van der Waals surface area contributed by atoms with Crippen LogP contribution in [0.25, 0.3) is 0 Å². The number of hydrogen-bond acceptors (Lipinski definition) is 6. The monoisotopic (exact) mass is 478 g/mol. The summed E-state index contributed by atoms with van der Waals surface area (Å²) in [4.78, 5) is 37.0. The standard InChI is InChI=1S/C27H38N6O2/c1-5-20-15-22(16-29-25(20)28)30-26(34)27(35)33-17-18(2)6-8-24(33)21-7-9-23(19(3)14-21)32-12-10-31(4)11-13-32/h7,9,14-16,18,24H,5-6,8,10-13,17H2,1-4H3,(H2,28,29)(H,30,34)/t18-,24+/m0/s1. The number of nitrogens with zero attached hydrogens (tertiary/aromatic N) is 4. The van der Waals surface area contributed by atoms with Crippen molar-refractivity contribution in [1.82, 2.24) is 14.8 Å². The molecule has 3 N–H and O–H groups in total. The van der Waals surface area contributed by atoms with Crippen LogP contribution in [0.3, 0.4) is 0 Å². The van der Waals surface area contributed by atoms with E-state index in [9.17, 15) is 9.59 Å². The molecule has 1 aromatic carbocycles. The molecule has 35 heavy (non-hydrogen) atoms. The number of aryl methyl sites for hydroxylation is 2. The zero-order valence-electron chi connectivity index (χ0n) is 21.4. The van der Waals surface area contributed by atoms with Gasteiger partial charge in [-0.2, -0.15) is 0 Å². The normalized spacial score (nSPS) is 21.1. The summed E-state index contributed by atoms with van der Waals surface area (Å²) in [6, 6.07) is 8.19. The zero-order chi connectivity index (χ0) is 25.1. The molecule has 2 amide bonds. The lowest BCUT2D eigenvalue weighted by molar-refractivity contribution is -0.146. The third-order valence-electron chi connectivity index (χ3n) is 7.36. The number of nitrogen functional groups attached to an aromatic ring is 1. The van der Waals surface area contributed by atoms with Gasteiger partial charge in [-0.05, 0) is 68.0 Å². The van der Waals surface area contributed by atoms with Crippen molar-refractivity contribution in [1.29, 1.82) is 0 Å². The van der Waals surface area contributed by atoms with E-state index in [2.05, 4.69) is 59.2 Å². The quantitative estimate of drug-likeness (QED) is 0.656. The van der Waals surface area contributed by atoms with Crippen molar-refractivity contribution >= 4 is 29.0 Å². The van der Waals surface area contributed by atoms with Crippen molar-refractivity contribution in [3.8, 4) is 0 Å². The van der Waals surface area contributed by atoms with Gasteiger partial charge in [-0.15, -0.1) is 0 Å². The Labute approximate surface area is 208 Å². The summed E-state index contributed by atoms with van der Waals surface area (Å²) >= 11 is 0. The second-order valence-corrected chi connectivity index (χ2v) is 10.1. The first-order chi connectivity index (χ1) is 16.8. The lowest BCUT2D eigenvalue weighted by Gasteiger charge is -2.39. The first kappa shape index (κ1) is 25.0. The highest BCUT2D eigenvalue weighted by Crippen LogP contribution is 2.35. The summed E-state index contributed by atoms with van der Waals surface area (Å²) < 4.78 is 0. The maximum absolute atomic E-state index is 13.3. The molecule has 1 aromatic heterocycles. The second kappa shape index (κ2) is 10.6. The van der Waals surface area contributed by atoms with E-state index < -0.39 is 11.8 Å². The molecule has 4 rings (SSSR count). The van der Waals surface area contributed by atoms with Crippen LogP contribution in [0.4, 0.5) is 17.2 Å². The average molecular weight is 479 g/mol. The third-order valence-corrected chi connectivity index (χ3v) is 7.36. The summed E-state index contributed by atoms with van der Waals surface area (Å²) in [5.41, 5.74) is 10.8. The highest BCUT2D eigenvalue weighted by Gasteiger charge is 2.34. The van der Waals surface area contributed by atoms with Crippen LogP contribution in [0.15, 0.2) is 30.5 Å². The van der Waals surface area contributed by atoms with Gasteiger partial charge < -0.3 is 25.8 Å². The van der Waals surface area contributed by atoms with Gasteiger partial charge in [-0.3, -0.25) is 9.59 Å². The molecular formula is C27H38N6O2. The van der Waals surface area contributed by atoms with E-state index in [1.165, 1.54) is 17.4 Å². The molecule has 0 bridgehead atoms. The number of rotatable bonds is 4. The maximum Gasteiger partial charge on any atom is 0.313 e. The lowest BCUT2D eigenvalue weighted by atomic mass is 9.89. The highest BCUT2D eigenvalue weighted by atomic mass is 16.2. The van der Waals surface area contributed by atoms with Crippen LogP contribution in [0.5, 0.6) is 0 Å². The summed E-state index contributed by atoms with van der Waals surface area (Å²) in [6.07, 6.45) is 4.07. The van der Waals surface area contributed by atoms with Gasteiger partial charge in [-0.25, -0.2) is 4.98 Å². The van der Waals surface area contributed by atoms with Gasteiger partial charge in [0, 0.05) is 38.4 Å². The first-order valence-corrected chi connectivity index (χ1v) is 12.7. The number of nitrogens with two attached hydrogens (primary N) is 1. The number of pyridine rings is 1. The van der Waals surface area contributed by atoms with Crippen LogP contribution in [0.1, 0.15) is 49.4 Å². The fourth-order valence-corrected chi connectivity index (χ4v) is 5.20. The number of nitrogens with one attached hydrogen (secondary N) is 1. The lowest BCUT2D eigenvalue weighted by Crippen LogP contribution is -2.46. The summed E-state index contributed by atoms with van der Waals surface area (Å²) in [6.45, 7) is 11.0. The Morgan fingerprint density at radius 2 is 1.89 bits per heavy atom. The molecule has 8 nitrogen and oxygen atoms in total.